The predicted octanol–water partition coefficient (Wildman–Crippen LogP) is 3.36. The quantitative estimate of drug-likeness (QED) is 0.384. The minimum absolute atomic E-state index is 0.0627. The third kappa shape index (κ3) is 7.78. The molecule has 1 aromatic rings. The lowest BCUT2D eigenvalue weighted by atomic mass is 10.0. The van der Waals surface area contributed by atoms with Crippen LogP contribution in [0.5, 0.6) is 0 Å². The van der Waals surface area contributed by atoms with E-state index in [-0.39, 0.29) is 29.8 Å². The molecule has 7 heteroatoms. The minimum Gasteiger partial charge on any atom is -0.463 e. The van der Waals surface area contributed by atoms with Gasteiger partial charge in [0.15, 0.2) is 0 Å². The number of hydrogen-bond donors (Lipinski definition) is 0. The molecule has 138 valence electrons. The van der Waals surface area contributed by atoms with Crippen LogP contribution >= 0.6 is 0 Å². The second-order valence-electron chi connectivity index (χ2n) is 6.14. The van der Waals surface area contributed by atoms with E-state index in [1.165, 1.54) is 13.8 Å². The van der Waals surface area contributed by atoms with Crippen LogP contribution in [0, 0.1) is 10.1 Å². The smallest absolute Gasteiger partial charge is 0.302 e. The van der Waals surface area contributed by atoms with Crippen molar-refractivity contribution < 1.29 is 24.0 Å². The van der Waals surface area contributed by atoms with Crippen LogP contribution in [0.2, 0.25) is 0 Å². The lowest BCUT2D eigenvalue weighted by Crippen LogP contribution is -2.14. The molecule has 0 aliphatic carbocycles. The highest BCUT2D eigenvalue weighted by Gasteiger charge is 2.17. The first-order valence-electron chi connectivity index (χ1n) is 8.29. The number of nitrogens with zero attached hydrogens (tertiary/aromatic N) is 1. The molecule has 0 unspecified atom stereocenters. The Morgan fingerprint density at radius 2 is 1.56 bits per heavy atom. The maximum atomic E-state index is 11.3. The van der Waals surface area contributed by atoms with Crippen molar-refractivity contribution in [2.45, 2.75) is 65.6 Å². The summed E-state index contributed by atoms with van der Waals surface area (Å²) in [5.41, 5.74) is 1.50. The number of benzene rings is 1. The van der Waals surface area contributed by atoms with E-state index in [4.69, 9.17) is 9.47 Å². The molecule has 0 radical (unpaired) electrons. The van der Waals surface area contributed by atoms with Gasteiger partial charge in [-0.05, 0) is 45.1 Å². The summed E-state index contributed by atoms with van der Waals surface area (Å²) in [6.45, 7) is 6.25. The van der Waals surface area contributed by atoms with Crippen LogP contribution in [0.3, 0.4) is 0 Å². The molecule has 0 saturated carbocycles. The van der Waals surface area contributed by atoms with E-state index in [9.17, 15) is 19.7 Å². The summed E-state index contributed by atoms with van der Waals surface area (Å²) in [7, 11) is 0. The SMILES string of the molecule is CC(=O)O[C@H](C)CCc1ccc(CC[C@H](C)OC(C)=O)cc1[N+](=O)[O-]. The Labute approximate surface area is 147 Å². The fourth-order valence-corrected chi connectivity index (χ4v) is 2.56. The van der Waals surface area contributed by atoms with E-state index in [2.05, 4.69) is 0 Å². The number of esters is 2. The number of carbonyl (C=O) groups is 2. The monoisotopic (exact) mass is 351 g/mol. The normalized spacial score (nSPS) is 13.0. The molecule has 0 spiro atoms. The number of carbonyl (C=O) groups excluding carboxylic acids is 2. The number of ether oxygens (including phenoxy) is 2. The molecule has 0 N–H and O–H groups in total. The molecule has 25 heavy (non-hydrogen) atoms. The van der Waals surface area contributed by atoms with Crippen LogP contribution in [0.15, 0.2) is 18.2 Å². The van der Waals surface area contributed by atoms with Gasteiger partial charge in [0.25, 0.3) is 5.69 Å². The molecule has 0 aliphatic heterocycles. The second-order valence-corrected chi connectivity index (χ2v) is 6.14. The van der Waals surface area contributed by atoms with E-state index < -0.39 is 4.92 Å². The van der Waals surface area contributed by atoms with Crippen LogP contribution in [-0.4, -0.2) is 29.1 Å². The second kappa shape index (κ2) is 9.76. The molecule has 0 heterocycles. The Bertz CT molecular complexity index is 628. The first-order chi connectivity index (χ1) is 11.7. The van der Waals surface area contributed by atoms with Gasteiger partial charge in [0.05, 0.1) is 17.1 Å². The van der Waals surface area contributed by atoms with E-state index >= 15 is 0 Å². The zero-order valence-corrected chi connectivity index (χ0v) is 15.1. The van der Waals surface area contributed by atoms with Crippen LogP contribution < -0.4 is 0 Å². The van der Waals surface area contributed by atoms with Crippen LogP contribution in [0.4, 0.5) is 5.69 Å². The third-order valence-corrected chi connectivity index (χ3v) is 3.74. The van der Waals surface area contributed by atoms with Gasteiger partial charge in [0, 0.05) is 25.5 Å². The number of nitro benzene ring substituents is 1. The van der Waals surface area contributed by atoms with Crippen LogP contribution in [0.1, 0.15) is 51.7 Å². The fraction of sp³-hybridized carbons (Fsp3) is 0.556. The highest BCUT2D eigenvalue weighted by Crippen LogP contribution is 2.24. The van der Waals surface area contributed by atoms with Crippen molar-refractivity contribution in [3.05, 3.63) is 39.4 Å². The first-order valence-corrected chi connectivity index (χ1v) is 8.29. The van der Waals surface area contributed by atoms with Crippen LogP contribution in [0.25, 0.3) is 0 Å². The first kappa shape index (κ1) is 20.6. The van der Waals surface area contributed by atoms with Gasteiger partial charge in [-0.2, -0.15) is 0 Å². The molecular weight excluding hydrogens is 326 g/mol. The van der Waals surface area contributed by atoms with E-state index in [0.29, 0.717) is 31.2 Å². The van der Waals surface area contributed by atoms with Gasteiger partial charge in [-0.3, -0.25) is 19.7 Å². The largest absolute Gasteiger partial charge is 0.463 e. The van der Waals surface area contributed by atoms with Crippen molar-refractivity contribution >= 4 is 17.6 Å². The molecule has 2 atom stereocenters. The summed E-state index contributed by atoms with van der Waals surface area (Å²) in [6.07, 6.45) is 1.62. The molecule has 7 nitrogen and oxygen atoms in total. The lowest BCUT2D eigenvalue weighted by Gasteiger charge is -2.13. The van der Waals surface area contributed by atoms with Gasteiger partial charge >= 0.3 is 11.9 Å². The van der Waals surface area contributed by atoms with E-state index in [0.717, 1.165) is 5.56 Å². The minimum atomic E-state index is -0.398. The molecule has 0 saturated heterocycles. The molecule has 1 aromatic carbocycles. The van der Waals surface area contributed by atoms with Crippen molar-refractivity contribution in [3.8, 4) is 0 Å². The maximum Gasteiger partial charge on any atom is 0.302 e. The highest BCUT2D eigenvalue weighted by molar-refractivity contribution is 5.66. The van der Waals surface area contributed by atoms with Crippen molar-refractivity contribution in [2.75, 3.05) is 0 Å². The van der Waals surface area contributed by atoms with Crippen molar-refractivity contribution in [1.82, 2.24) is 0 Å². The summed E-state index contributed by atoms with van der Waals surface area (Å²) >= 11 is 0. The summed E-state index contributed by atoms with van der Waals surface area (Å²) in [5.74, 6) is -0.699. The molecule has 0 aromatic heterocycles. The summed E-state index contributed by atoms with van der Waals surface area (Å²) in [6, 6.07) is 5.15. The summed E-state index contributed by atoms with van der Waals surface area (Å²) in [4.78, 5) is 32.8. The molecule has 0 fully saturated rings. The van der Waals surface area contributed by atoms with Gasteiger partial charge in [0.2, 0.25) is 0 Å². The van der Waals surface area contributed by atoms with Gasteiger partial charge < -0.3 is 9.47 Å². The number of rotatable bonds is 9. The topological polar surface area (TPSA) is 95.7 Å². The van der Waals surface area contributed by atoms with Gasteiger partial charge in [-0.15, -0.1) is 0 Å². The summed E-state index contributed by atoms with van der Waals surface area (Å²) in [5, 5.41) is 11.3. The highest BCUT2D eigenvalue weighted by atomic mass is 16.6. The number of nitro groups is 1. The van der Waals surface area contributed by atoms with E-state index in [1.54, 1.807) is 26.0 Å². The standard InChI is InChI=1S/C18H25NO6/c1-12(24-14(3)20)5-7-16-8-10-17(18(11-16)19(22)23)9-6-13(2)25-15(4)21/h8,10-13H,5-7,9H2,1-4H3/t12-,13+/m0/s1. The Kier molecular flexibility index (Phi) is 8.04. The Morgan fingerprint density at radius 3 is 2.04 bits per heavy atom. The van der Waals surface area contributed by atoms with Crippen molar-refractivity contribution in [1.29, 1.82) is 0 Å². The molecule has 1 rings (SSSR count). The molecule has 0 aliphatic rings. The van der Waals surface area contributed by atoms with Gasteiger partial charge in [0.1, 0.15) is 0 Å². The maximum absolute atomic E-state index is 11.3. The Hall–Kier alpha value is -2.44. The lowest BCUT2D eigenvalue weighted by molar-refractivity contribution is -0.385. The molecule has 0 bridgehead atoms. The molecular formula is C18H25NO6. The average Bonchev–Trinajstić information content (AvgIpc) is 2.49. The number of aryl methyl sites for hydroxylation is 2. The van der Waals surface area contributed by atoms with E-state index in [1.807, 2.05) is 6.07 Å². The van der Waals surface area contributed by atoms with Crippen molar-refractivity contribution in [2.24, 2.45) is 0 Å². The zero-order valence-electron chi connectivity index (χ0n) is 15.1. The summed E-state index contributed by atoms with van der Waals surface area (Å²) < 4.78 is 10.1. The third-order valence-electron chi connectivity index (χ3n) is 3.74. The molecule has 0 amide bonds. The predicted molar refractivity (Wildman–Crippen MR) is 92.2 cm³/mol. The van der Waals surface area contributed by atoms with Crippen LogP contribution in [-0.2, 0) is 31.9 Å². The fourth-order valence-electron chi connectivity index (χ4n) is 2.56. The zero-order chi connectivity index (χ0) is 19.0. The average molecular weight is 351 g/mol. The number of hydrogen-bond acceptors (Lipinski definition) is 6. The van der Waals surface area contributed by atoms with Gasteiger partial charge in [-0.1, -0.05) is 12.1 Å². The Morgan fingerprint density at radius 1 is 1.04 bits per heavy atom. The van der Waals surface area contributed by atoms with Gasteiger partial charge in [-0.25, -0.2) is 0 Å². The van der Waals surface area contributed by atoms with Crippen molar-refractivity contribution in [3.63, 3.8) is 0 Å². The Balaban J connectivity index is 2.73.